The highest BCUT2D eigenvalue weighted by molar-refractivity contribution is 5.88. The maximum Gasteiger partial charge on any atom is 0.237 e. The Hall–Kier alpha value is -3.13. The fraction of sp³-hybridized carbons (Fsp3) is 0.350. The summed E-state index contributed by atoms with van der Waals surface area (Å²) in [5, 5.41) is 5.69. The molecule has 8 nitrogen and oxygen atoms in total. The molecule has 0 bridgehead atoms. The molecule has 3 heterocycles. The Morgan fingerprint density at radius 3 is 2.96 bits per heavy atom. The van der Waals surface area contributed by atoms with Crippen molar-refractivity contribution in [3.8, 4) is 0 Å². The summed E-state index contributed by atoms with van der Waals surface area (Å²) in [7, 11) is 0. The molecule has 3 aromatic rings. The number of H-pyrrole nitrogens is 1. The van der Waals surface area contributed by atoms with Crippen LogP contribution in [0.1, 0.15) is 23.8 Å². The summed E-state index contributed by atoms with van der Waals surface area (Å²) in [4.78, 5) is 34.4. The number of hydrogen-bond donors (Lipinski definition) is 3. The molecule has 3 N–H and O–H groups in total. The second-order valence-electron chi connectivity index (χ2n) is 6.97. The highest BCUT2D eigenvalue weighted by Gasteiger charge is 2.32. The molecule has 0 spiro atoms. The van der Waals surface area contributed by atoms with E-state index in [1.807, 2.05) is 48.2 Å². The van der Waals surface area contributed by atoms with E-state index in [-0.39, 0.29) is 18.2 Å². The Kier molecular flexibility index (Phi) is 5.12. The van der Waals surface area contributed by atoms with E-state index in [4.69, 9.17) is 4.42 Å². The van der Waals surface area contributed by atoms with Crippen molar-refractivity contribution in [2.75, 3.05) is 13.1 Å². The number of carbonyl (C=O) groups is 2. The number of furan rings is 1. The van der Waals surface area contributed by atoms with Crippen LogP contribution in [0.25, 0.3) is 11.0 Å². The van der Waals surface area contributed by atoms with Crippen LogP contribution in [-0.2, 0) is 22.7 Å². The molecular weight excluding hydrogens is 358 g/mol. The Morgan fingerprint density at radius 1 is 1.32 bits per heavy atom. The van der Waals surface area contributed by atoms with Crippen molar-refractivity contribution in [3.05, 3.63) is 53.7 Å². The zero-order valence-corrected chi connectivity index (χ0v) is 15.7. The molecule has 0 radical (unpaired) electrons. The van der Waals surface area contributed by atoms with Gasteiger partial charge in [-0.05, 0) is 31.2 Å². The number of aryl methyl sites for hydroxylation is 1. The lowest BCUT2D eigenvalue weighted by Crippen LogP contribution is -2.56. The minimum absolute atomic E-state index is 0.0890. The number of aromatic amines is 1. The summed E-state index contributed by atoms with van der Waals surface area (Å²) in [5.74, 6) is 1.98. The van der Waals surface area contributed by atoms with Gasteiger partial charge in [0.25, 0.3) is 0 Å². The van der Waals surface area contributed by atoms with E-state index < -0.39 is 6.04 Å². The Bertz CT molecular complexity index is 960. The average molecular weight is 381 g/mol. The molecule has 4 rings (SSSR count). The van der Waals surface area contributed by atoms with Gasteiger partial charge in [0.2, 0.25) is 11.8 Å². The number of nitrogens with zero attached hydrogens (tertiary/aromatic N) is 2. The SMILES string of the molecule is Cc1ccc(CN2CCNC(=O)C2CC(=O)NCc2nc3ccccc3[nH]2)o1. The minimum atomic E-state index is -0.519. The number of rotatable bonds is 6. The zero-order valence-electron chi connectivity index (χ0n) is 15.7. The molecule has 1 fully saturated rings. The Balaban J connectivity index is 1.37. The van der Waals surface area contributed by atoms with E-state index in [9.17, 15) is 9.59 Å². The van der Waals surface area contributed by atoms with Crippen LogP contribution < -0.4 is 10.6 Å². The van der Waals surface area contributed by atoms with Crippen molar-refractivity contribution in [3.63, 3.8) is 0 Å². The van der Waals surface area contributed by atoms with E-state index in [2.05, 4.69) is 20.6 Å². The van der Waals surface area contributed by atoms with Gasteiger partial charge < -0.3 is 20.0 Å². The van der Waals surface area contributed by atoms with Gasteiger partial charge in [0.15, 0.2) is 0 Å². The summed E-state index contributed by atoms with van der Waals surface area (Å²) < 4.78 is 5.62. The quantitative estimate of drug-likeness (QED) is 0.600. The van der Waals surface area contributed by atoms with Gasteiger partial charge in [-0.15, -0.1) is 0 Å². The standard InChI is InChI=1S/C20H23N5O3/c1-13-6-7-14(28-13)12-25-9-8-21-20(27)17(25)10-19(26)22-11-18-23-15-4-2-3-5-16(15)24-18/h2-7,17H,8-12H2,1H3,(H,21,27)(H,22,26)(H,23,24). The van der Waals surface area contributed by atoms with Crippen LogP contribution in [0.15, 0.2) is 40.8 Å². The third-order valence-electron chi connectivity index (χ3n) is 4.87. The first-order valence-corrected chi connectivity index (χ1v) is 9.36. The number of aromatic nitrogens is 2. The molecule has 0 saturated carbocycles. The van der Waals surface area contributed by atoms with Crippen LogP contribution in [0, 0.1) is 6.92 Å². The van der Waals surface area contributed by atoms with Crippen molar-refractivity contribution >= 4 is 22.8 Å². The third kappa shape index (κ3) is 4.07. The summed E-state index contributed by atoms with van der Waals surface area (Å²) in [6.45, 7) is 3.92. The number of carbonyl (C=O) groups excluding carboxylic acids is 2. The molecule has 1 saturated heterocycles. The molecule has 1 unspecified atom stereocenters. The van der Waals surface area contributed by atoms with Crippen molar-refractivity contribution in [1.29, 1.82) is 0 Å². The van der Waals surface area contributed by atoms with E-state index in [0.29, 0.717) is 32.0 Å². The summed E-state index contributed by atoms with van der Waals surface area (Å²) >= 11 is 0. The molecule has 28 heavy (non-hydrogen) atoms. The number of hydrogen-bond acceptors (Lipinski definition) is 5. The molecule has 1 aliphatic heterocycles. The second kappa shape index (κ2) is 7.85. The Morgan fingerprint density at radius 2 is 2.18 bits per heavy atom. The van der Waals surface area contributed by atoms with Gasteiger partial charge in [0, 0.05) is 13.1 Å². The van der Waals surface area contributed by atoms with E-state index in [0.717, 1.165) is 22.6 Å². The van der Waals surface area contributed by atoms with Gasteiger partial charge in [-0.25, -0.2) is 4.98 Å². The molecule has 8 heteroatoms. The highest BCUT2D eigenvalue weighted by atomic mass is 16.3. The van der Waals surface area contributed by atoms with Crippen molar-refractivity contribution in [1.82, 2.24) is 25.5 Å². The zero-order chi connectivity index (χ0) is 19.5. The molecule has 2 aromatic heterocycles. The lowest BCUT2D eigenvalue weighted by molar-refractivity contribution is -0.134. The predicted octanol–water partition coefficient (Wildman–Crippen LogP) is 1.47. The number of imidazole rings is 1. The molecular formula is C20H23N5O3. The summed E-state index contributed by atoms with van der Waals surface area (Å²) in [5.41, 5.74) is 1.79. The van der Waals surface area contributed by atoms with E-state index in [1.54, 1.807) is 0 Å². The van der Waals surface area contributed by atoms with Crippen molar-refractivity contribution in [2.24, 2.45) is 0 Å². The molecule has 146 valence electrons. The minimum Gasteiger partial charge on any atom is -0.465 e. The lowest BCUT2D eigenvalue weighted by atomic mass is 10.1. The normalized spacial score (nSPS) is 17.6. The highest BCUT2D eigenvalue weighted by Crippen LogP contribution is 2.16. The fourth-order valence-electron chi connectivity index (χ4n) is 3.46. The molecule has 1 aliphatic rings. The van der Waals surface area contributed by atoms with Crippen LogP contribution in [0.5, 0.6) is 0 Å². The van der Waals surface area contributed by atoms with Gasteiger partial charge in [-0.1, -0.05) is 12.1 Å². The van der Waals surface area contributed by atoms with Gasteiger partial charge >= 0.3 is 0 Å². The molecule has 2 amide bonds. The first kappa shape index (κ1) is 18.2. The van der Waals surface area contributed by atoms with Crippen LogP contribution in [0.4, 0.5) is 0 Å². The van der Waals surface area contributed by atoms with Gasteiger partial charge in [-0.2, -0.15) is 0 Å². The van der Waals surface area contributed by atoms with Crippen LogP contribution in [-0.4, -0.2) is 45.8 Å². The fourth-order valence-corrected chi connectivity index (χ4v) is 3.46. The average Bonchev–Trinajstić information content (AvgIpc) is 3.28. The largest absolute Gasteiger partial charge is 0.465 e. The number of nitrogens with one attached hydrogen (secondary N) is 3. The van der Waals surface area contributed by atoms with E-state index in [1.165, 1.54) is 0 Å². The maximum atomic E-state index is 12.5. The van der Waals surface area contributed by atoms with Crippen molar-refractivity contribution in [2.45, 2.75) is 32.5 Å². The van der Waals surface area contributed by atoms with Crippen LogP contribution >= 0.6 is 0 Å². The first-order chi connectivity index (χ1) is 13.6. The predicted molar refractivity (Wildman–Crippen MR) is 103 cm³/mol. The summed E-state index contributed by atoms with van der Waals surface area (Å²) in [6, 6.07) is 11.0. The van der Waals surface area contributed by atoms with E-state index >= 15 is 0 Å². The molecule has 0 aliphatic carbocycles. The van der Waals surface area contributed by atoms with Crippen molar-refractivity contribution < 1.29 is 14.0 Å². The van der Waals surface area contributed by atoms with Gasteiger partial charge in [0.05, 0.1) is 36.6 Å². The maximum absolute atomic E-state index is 12.5. The number of piperazine rings is 1. The number of amides is 2. The van der Waals surface area contributed by atoms with Gasteiger partial charge in [-0.3, -0.25) is 14.5 Å². The second-order valence-corrected chi connectivity index (χ2v) is 6.97. The number of fused-ring (bicyclic) bond motifs is 1. The molecule has 1 atom stereocenters. The summed E-state index contributed by atoms with van der Waals surface area (Å²) in [6.07, 6.45) is 0.0890. The number of benzene rings is 1. The van der Waals surface area contributed by atoms with Crippen LogP contribution in [0.2, 0.25) is 0 Å². The van der Waals surface area contributed by atoms with Crippen LogP contribution in [0.3, 0.4) is 0 Å². The monoisotopic (exact) mass is 381 g/mol. The topological polar surface area (TPSA) is 103 Å². The smallest absolute Gasteiger partial charge is 0.237 e. The molecule has 1 aromatic carbocycles. The third-order valence-corrected chi connectivity index (χ3v) is 4.87. The Labute approximate surface area is 162 Å². The van der Waals surface area contributed by atoms with Gasteiger partial charge in [0.1, 0.15) is 17.3 Å². The number of para-hydroxylation sites is 2. The lowest BCUT2D eigenvalue weighted by Gasteiger charge is -2.34. The first-order valence-electron chi connectivity index (χ1n) is 9.36.